The summed E-state index contributed by atoms with van der Waals surface area (Å²) < 4.78 is 18.8. The van der Waals surface area contributed by atoms with E-state index in [1.54, 1.807) is 17.4 Å². The van der Waals surface area contributed by atoms with E-state index < -0.39 is 0 Å². The van der Waals surface area contributed by atoms with Gasteiger partial charge in [-0.1, -0.05) is 6.92 Å². The van der Waals surface area contributed by atoms with Crippen LogP contribution in [0.15, 0.2) is 24.3 Å². The number of thiophene rings is 1. The molecule has 0 fully saturated rings. The summed E-state index contributed by atoms with van der Waals surface area (Å²) in [7, 11) is 1.51. The molecule has 19 heavy (non-hydrogen) atoms. The maximum absolute atomic E-state index is 13.7. The second-order valence-corrected chi connectivity index (χ2v) is 5.40. The van der Waals surface area contributed by atoms with Crippen LogP contribution < -0.4 is 15.8 Å². The molecule has 0 amide bonds. The lowest BCUT2D eigenvalue weighted by molar-refractivity contribution is 0.416. The second-order valence-electron chi connectivity index (χ2n) is 4.15. The molecule has 102 valence electrons. The minimum absolute atomic E-state index is 0.301. The maximum atomic E-state index is 13.7. The molecule has 0 aliphatic carbocycles. The van der Waals surface area contributed by atoms with Gasteiger partial charge in [-0.25, -0.2) is 4.39 Å². The molecule has 0 radical (unpaired) electrons. The molecule has 1 aromatic carbocycles. The van der Waals surface area contributed by atoms with Crippen molar-refractivity contribution in [2.45, 2.75) is 19.9 Å². The molecule has 0 atom stereocenters. The van der Waals surface area contributed by atoms with Crippen LogP contribution in [0.2, 0.25) is 0 Å². The van der Waals surface area contributed by atoms with E-state index in [1.807, 2.05) is 0 Å². The van der Waals surface area contributed by atoms with Crippen molar-refractivity contribution in [1.82, 2.24) is 0 Å². The van der Waals surface area contributed by atoms with Crippen LogP contribution in [-0.2, 0) is 13.0 Å². The molecular formula is C14H17FN2OS. The van der Waals surface area contributed by atoms with Crippen molar-refractivity contribution in [3.05, 3.63) is 39.8 Å². The summed E-state index contributed by atoms with van der Waals surface area (Å²) in [6, 6.07) is 7.01. The van der Waals surface area contributed by atoms with E-state index in [0.29, 0.717) is 23.7 Å². The highest BCUT2D eigenvalue weighted by Crippen LogP contribution is 2.29. The highest BCUT2D eigenvalue weighted by atomic mass is 32.1. The van der Waals surface area contributed by atoms with Crippen LogP contribution in [0, 0.1) is 5.82 Å². The third kappa shape index (κ3) is 3.17. The lowest BCUT2D eigenvalue weighted by Crippen LogP contribution is -2.02. The standard InChI is InChI=1S/C14H17FN2OS/c1-3-9-4-5-10(19-9)8-17-13-7-14(18-2)12(16)6-11(13)15/h4-7,17H,3,8,16H2,1-2H3. The Hall–Kier alpha value is -1.75. The van der Waals surface area contributed by atoms with Crippen LogP contribution in [0.25, 0.3) is 0 Å². The highest BCUT2D eigenvalue weighted by molar-refractivity contribution is 7.12. The van der Waals surface area contributed by atoms with Gasteiger partial charge in [-0.05, 0) is 18.6 Å². The fourth-order valence-electron chi connectivity index (χ4n) is 1.77. The number of nitrogen functional groups attached to an aromatic ring is 1. The summed E-state index contributed by atoms with van der Waals surface area (Å²) >= 11 is 1.73. The van der Waals surface area contributed by atoms with Crippen LogP contribution >= 0.6 is 11.3 Å². The number of aryl methyl sites for hydroxylation is 1. The van der Waals surface area contributed by atoms with E-state index >= 15 is 0 Å². The average molecular weight is 280 g/mol. The van der Waals surface area contributed by atoms with Crippen LogP contribution in [-0.4, -0.2) is 7.11 Å². The van der Waals surface area contributed by atoms with Gasteiger partial charge >= 0.3 is 0 Å². The Kier molecular flexibility index (Phi) is 4.27. The Morgan fingerprint density at radius 2 is 2.05 bits per heavy atom. The SMILES string of the molecule is CCc1ccc(CNc2cc(OC)c(N)cc2F)s1. The van der Waals surface area contributed by atoms with Crippen molar-refractivity contribution < 1.29 is 9.13 Å². The molecule has 0 saturated carbocycles. The van der Waals surface area contributed by atoms with Gasteiger partial charge in [-0.3, -0.25) is 0 Å². The van der Waals surface area contributed by atoms with E-state index in [1.165, 1.54) is 22.9 Å². The number of hydrogen-bond donors (Lipinski definition) is 2. The third-order valence-electron chi connectivity index (χ3n) is 2.84. The number of ether oxygens (including phenoxy) is 1. The summed E-state index contributed by atoms with van der Waals surface area (Å²) in [6.45, 7) is 2.71. The molecule has 1 aromatic heterocycles. The summed E-state index contributed by atoms with van der Waals surface area (Å²) in [5.74, 6) is 0.106. The fraction of sp³-hybridized carbons (Fsp3) is 0.286. The Morgan fingerprint density at radius 3 is 2.68 bits per heavy atom. The smallest absolute Gasteiger partial charge is 0.148 e. The first-order valence-corrected chi connectivity index (χ1v) is 6.90. The number of benzene rings is 1. The van der Waals surface area contributed by atoms with Crippen molar-refractivity contribution in [3.63, 3.8) is 0 Å². The van der Waals surface area contributed by atoms with Crippen molar-refractivity contribution in [1.29, 1.82) is 0 Å². The normalized spacial score (nSPS) is 10.5. The van der Waals surface area contributed by atoms with E-state index in [-0.39, 0.29) is 5.82 Å². The van der Waals surface area contributed by atoms with Crippen LogP contribution in [0.4, 0.5) is 15.8 Å². The van der Waals surface area contributed by atoms with E-state index in [2.05, 4.69) is 24.4 Å². The lowest BCUT2D eigenvalue weighted by atomic mass is 10.2. The van der Waals surface area contributed by atoms with Crippen LogP contribution in [0.5, 0.6) is 5.75 Å². The molecule has 0 aliphatic heterocycles. The van der Waals surface area contributed by atoms with Crippen LogP contribution in [0.3, 0.4) is 0 Å². The zero-order chi connectivity index (χ0) is 13.8. The Labute approximate surface area is 116 Å². The van der Waals surface area contributed by atoms with Gasteiger partial charge in [0.2, 0.25) is 0 Å². The molecule has 3 nitrogen and oxygen atoms in total. The molecule has 0 bridgehead atoms. The number of rotatable bonds is 5. The summed E-state index contributed by atoms with van der Waals surface area (Å²) in [4.78, 5) is 2.50. The van der Waals surface area contributed by atoms with Gasteiger partial charge in [0.15, 0.2) is 0 Å². The largest absolute Gasteiger partial charge is 0.495 e. The van der Waals surface area contributed by atoms with E-state index in [9.17, 15) is 4.39 Å². The molecule has 1 heterocycles. The topological polar surface area (TPSA) is 47.3 Å². The quantitative estimate of drug-likeness (QED) is 0.822. The molecule has 0 spiro atoms. The first-order chi connectivity index (χ1) is 9.13. The van der Waals surface area contributed by atoms with Gasteiger partial charge in [0, 0.05) is 28.4 Å². The summed E-state index contributed by atoms with van der Waals surface area (Å²) in [5.41, 5.74) is 6.34. The fourth-order valence-corrected chi connectivity index (χ4v) is 2.67. The molecule has 0 aliphatic rings. The average Bonchev–Trinajstić information content (AvgIpc) is 2.86. The monoisotopic (exact) mass is 280 g/mol. The third-order valence-corrected chi connectivity index (χ3v) is 4.07. The van der Waals surface area contributed by atoms with Gasteiger partial charge in [-0.15, -0.1) is 11.3 Å². The van der Waals surface area contributed by atoms with Crippen molar-refractivity contribution in [2.75, 3.05) is 18.2 Å². The highest BCUT2D eigenvalue weighted by Gasteiger charge is 2.08. The first-order valence-electron chi connectivity index (χ1n) is 6.08. The number of nitrogens with one attached hydrogen (secondary N) is 1. The molecule has 0 unspecified atom stereocenters. The number of hydrogen-bond acceptors (Lipinski definition) is 4. The number of methoxy groups -OCH3 is 1. The molecule has 3 N–H and O–H groups in total. The molecule has 2 rings (SSSR count). The van der Waals surface area contributed by atoms with Crippen LogP contribution in [0.1, 0.15) is 16.7 Å². The van der Waals surface area contributed by atoms with Crippen molar-refractivity contribution in [2.24, 2.45) is 0 Å². The van der Waals surface area contributed by atoms with Crippen molar-refractivity contribution in [3.8, 4) is 5.75 Å². The molecule has 0 saturated heterocycles. The van der Waals surface area contributed by atoms with Gasteiger partial charge in [0.25, 0.3) is 0 Å². The number of anilines is 2. The Bertz CT molecular complexity index is 569. The Morgan fingerprint density at radius 1 is 1.32 bits per heavy atom. The zero-order valence-electron chi connectivity index (χ0n) is 11.0. The molecular weight excluding hydrogens is 263 g/mol. The predicted octanol–water partition coefficient (Wildman–Crippen LogP) is 3.65. The van der Waals surface area contributed by atoms with Gasteiger partial charge in [0.05, 0.1) is 18.5 Å². The zero-order valence-corrected chi connectivity index (χ0v) is 11.8. The van der Waals surface area contributed by atoms with Gasteiger partial charge in [0.1, 0.15) is 11.6 Å². The predicted molar refractivity (Wildman–Crippen MR) is 78.4 cm³/mol. The van der Waals surface area contributed by atoms with E-state index in [4.69, 9.17) is 10.5 Å². The minimum atomic E-state index is -0.370. The second kappa shape index (κ2) is 5.93. The maximum Gasteiger partial charge on any atom is 0.148 e. The van der Waals surface area contributed by atoms with Crippen molar-refractivity contribution >= 4 is 22.7 Å². The molecule has 2 aromatic rings. The summed E-state index contributed by atoms with van der Waals surface area (Å²) in [6.07, 6.45) is 1.02. The molecule has 5 heteroatoms. The van der Waals surface area contributed by atoms with E-state index in [0.717, 1.165) is 6.42 Å². The Balaban J connectivity index is 2.10. The summed E-state index contributed by atoms with van der Waals surface area (Å²) in [5, 5.41) is 3.07. The minimum Gasteiger partial charge on any atom is -0.495 e. The van der Waals surface area contributed by atoms with Gasteiger partial charge < -0.3 is 15.8 Å². The lowest BCUT2D eigenvalue weighted by Gasteiger charge is -2.10. The number of nitrogens with two attached hydrogens (primary N) is 1. The first kappa shape index (κ1) is 13.7. The number of halogens is 1. The van der Waals surface area contributed by atoms with Gasteiger partial charge in [-0.2, -0.15) is 0 Å².